The summed E-state index contributed by atoms with van der Waals surface area (Å²) < 4.78 is 0. The van der Waals surface area contributed by atoms with E-state index in [1.165, 1.54) is 0 Å². The molecule has 124 valence electrons. The standard InChI is InChI=1S/C15H26N4O2S/c1-8(2)12(16)13(21)17-7-11(20)19-15(5,6)14-18-9(3)10(4)22-14/h8,12H,7,16H2,1-6H3,(H,17,21)(H,19,20)/t12-/m0/s1. The van der Waals surface area contributed by atoms with Gasteiger partial charge in [-0.05, 0) is 33.6 Å². The number of nitrogens with two attached hydrogens (primary N) is 1. The average molecular weight is 326 g/mol. The lowest BCUT2D eigenvalue weighted by molar-refractivity contribution is -0.128. The molecule has 0 saturated carbocycles. The van der Waals surface area contributed by atoms with Crippen LogP contribution in [-0.4, -0.2) is 29.4 Å². The number of carbonyl (C=O) groups excluding carboxylic acids is 2. The van der Waals surface area contributed by atoms with E-state index >= 15 is 0 Å². The zero-order valence-corrected chi connectivity index (χ0v) is 14.9. The lowest BCUT2D eigenvalue weighted by Gasteiger charge is -2.24. The molecular weight excluding hydrogens is 300 g/mol. The summed E-state index contributed by atoms with van der Waals surface area (Å²) in [6.07, 6.45) is 0. The highest BCUT2D eigenvalue weighted by molar-refractivity contribution is 7.11. The maximum atomic E-state index is 12.0. The highest BCUT2D eigenvalue weighted by atomic mass is 32.1. The lowest BCUT2D eigenvalue weighted by Crippen LogP contribution is -2.50. The molecule has 1 rings (SSSR count). The first kappa shape index (κ1) is 18.6. The third-order valence-electron chi connectivity index (χ3n) is 3.46. The summed E-state index contributed by atoms with van der Waals surface area (Å²) in [6, 6.07) is -0.606. The fraction of sp³-hybridized carbons (Fsp3) is 0.667. The van der Waals surface area contributed by atoms with Gasteiger partial charge in [0.05, 0.1) is 23.8 Å². The van der Waals surface area contributed by atoms with Crippen molar-refractivity contribution in [3.05, 3.63) is 15.6 Å². The Hall–Kier alpha value is -1.47. The number of aromatic nitrogens is 1. The highest BCUT2D eigenvalue weighted by Crippen LogP contribution is 2.26. The Bertz CT molecular complexity index is 532. The Morgan fingerprint density at radius 2 is 1.91 bits per heavy atom. The predicted molar refractivity (Wildman–Crippen MR) is 88.6 cm³/mol. The van der Waals surface area contributed by atoms with Crippen LogP contribution in [0.1, 0.15) is 43.3 Å². The molecule has 4 N–H and O–H groups in total. The second kappa shape index (κ2) is 7.19. The van der Waals surface area contributed by atoms with Gasteiger partial charge in [-0.2, -0.15) is 0 Å². The van der Waals surface area contributed by atoms with E-state index in [9.17, 15) is 9.59 Å². The van der Waals surface area contributed by atoms with Gasteiger partial charge in [0.15, 0.2) is 0 Å². The monoisotopic (exact) mass is 326 g/mol. The maximum Gasteiger partial charge on any atom is 0.240 e. The van der Waals surface area contributed by atoms with Crippen molar-refractivity contribution in [1.29, 1.82) is 0 Å². The van der Waals surface area contributed by atoms with Crippen LogP contribution in [0.15, 0.2) is 0 Å². The van der Waals surface area contributed by atoms with Crippen molar-refractivity contribution in [3.8, 4) is 0 Å². The molecular formula is C15H26N4O2S. The van der Waals surface area contributed by atoms with E-state index in [0.717, 1.165) is 15.6 Å². The molecule has 0 bridgehead atoms. The molecule has 1 aromatic heterocycles. The molecule has 0 aromatic carbocycles. The van der Waals surface area contributed by atoms with Gasteiger partial charge in [-0.3, -0.25) is 9.59 Å². The Morgan fingerprint density at radius 1 is 1.32 bits per heavy atom. The van der Waals surface area contributed by atoms with Gasteiger partial charge in [0.25, 0.3) is 0 Å². The molecule has 0 fully saturated rings. The minimum Gasteiger partial charge on any atom is -0.346 e. The van der Waals surface area contributed by atoms with Crippen molar-refractivity contribution in [2.75, 3.05) is 6.54 Å². The van der Waals surface area contributed by atoms with Crippen LogP contribution in [0, 0.1) is 19.8 Å². The zero-order valence-electron chi connectivity index (χ0n) is 14.1. The molecule has 22 heavy (non-hydrogen) atoms. The molecule has 0 spiro atoms. The number of rotatable bonds is 6. The fourth-order valence-corrected chi connectivity index (χ4v) is 2.75. The zero-order chi connectivity index (χ0) is 17.1. The number of nitrogens with one attached hydrogen (secondary N) is 2. The van der Waals surface area contributed by atoms with Crippen LogP contribution in [0.4, 0.5) is 0 Å². The van der Waals surface area contributed by atoms with Gasteiger partial charge >= 0.3 is 0 Å². The summed E-state index contributed by atoms with van der Waals surface area (Å²) in [4.78, 5) is 29.4. The maximum absolute atomic E-state index is 12.0. The smallest absolute Gasteiger partial charge is 0.240 e. The summed E-state index contributed by atoms with van der Waals surface area (Å²) >= 11 is 1.56. The van der Waals surface area contributed by atoms with Gasteiger partial charge in [0, 0.05) is 4.88 Å². The molecule has 6 nitrogen and oxygen atoms in total. The van der Waals surface area contributed by atoms with Crippen LogP contribution in [-0.2, 0) is 15.1 Å². The van der Waals surface area contributed by atoms with Crippen molar-refractivity contribution in [2.45, 2.75) is 53.1 Å². The number of hydrogen-bond donors (Lipinski definition) is 3. The number of hydrogen-bond acceptors (Lipinski definition) is 5. The quantitative estimate of drug-likeness (QED) is 0.732. The number of thiazole rings is 1. The third-order valence-corrected chi connectivity index (χ3v) is 4.86. The molecule has 7 heteroatoms. The first-order valence-electron chi connectivity index (χ1n) is 7.33. The van der Waals surface area contributed by atoms with Gasteiger partial charge in [-0.1, -0.05) is 13.8 Å². The normalized spacial score (nSPS) is 13.1. The summed E-state index contributed by atoms with van der Waals surface area (Å²) in [7, 11) is 0. The summed E-state index contributed by atoms with van der Waals surface area (Å²) in [6.45, 7) is 11.4. The first-order chi connectivity index (χ1) is 10.0. The Morgan fingerprint density at radius 3 is 2.36 bits per heavy atom. The van der Waals surface area contributed by atoms with Crippen molar-refractivity contribution in [3.63, 3.8) is 0 Å². The Balaban J connectivity index is 2.59. The largest absolute Gasteiger partial charge is 0.346 e. The van der Waals surface area contributed by atoms with Crippen molar-refractivity contribution < 1.29 is 9.59 Å². The Kier molecular flexibility index (Phi) is 6.08. The number of amides is 2. The van der Waals surface area contributed by atoms with Crippen LogP contribution < -0.4 is 16.4 Å². The van der Waals surface area contributed by atoms with E-state index in [-0.39, 0.29) is 24.3 Å². The van der Waals surface area contributed by atoms with E-state index in [2.05, 4.69) is 15.6 Å². The van der Waals surface area contributed by atoms with Crippen molar-refractivity contribution in [2.24, 2.45) is 11.7 Å². The number of nitrogens with zero attached hydrogens (tertiary/aromatic N) is 1. The molecule has 2 amide bonds. The van der Waals surface area contributed by atoms with E-state index < -0.39 is 11.6 Å². The third kappa shape index (κ3) is 4.78. The second-order valence-electron chi connectivity index (χ2n) is 6.32. The van der Waals surface area contributed by atoms with E-state index in [0.29, 0.717) is 0 Å². The molecule has 1 heterocycles. The molecule has 1 atom stereocenters. The number of carbonyl (C=O) groups is 2. The lowest BCUT2D eigenvalue weighted by atomic mass is 10.1. The van der Waals surface area contributed by atoms with Crippen LogP contribution in [0.25, 0.3) is 0 Å². The van der Waals surface area contributed by atoms with Crippen LogP contribution in [0.5, 0.6) is 0 Å². The SMILES string of the molecule is Cc1nc(C(C)(C)NC(=O)CNC(=O)[C@@H](N)C(C)C)sc1C. The minimum absolute atomic E-state index is 0.0285. The van der Waals surface area contributed by atoms with Gasteiger partial charge in [0.1, 0.15) is 5.01 Å². The molecule has 1 aromatic rings. The number of aryl methyl sites for hydroxylation is 2. The molecule has 0 aliphatic rings. The second-order valence-corrected chi connectivity index (χ2v) is 7.52. The van der Waals surface area contributed by atoms with Crippen molar-refractivity contribution in [1.82, 2.24) is 15.6 Å². The van der Waals surface area contributed by atoms with Gasteiger partial charge in [0.2, 0.25) is 11.8 Å². The first-order valence-corrected chi connectivity index (χ1v) is 8.15. The van der Waals surface area contributed by atoms with Crippen LogP contribution in [0.2, 0.25) is 0 Å². The summed E-state index contributed by atoms with van der Waals surface area (Å²) in [5.74, 6) is -0.551. The van der Waals surface area contributed by atoms with Gasteiger partial charge in [-0.15, -0.1) is 11.3 Å². The summed E-state index contributed by atoms with van der Waals surface area (Å²) in [5.41, 5.74) is 6.12. The average Bonchev–Trinajstić information content (AvgIpc) is 2.75. The van der Waals surface area contributed by atoms with Gasteiger partial charge < -0.3 is 16.4 Å². The van der Waals surface area contributed by atoms with Crippen LogP contribution in [0.3, 0.4) is 0 Å². The topological polar surface area (TPSA) is 97.1 Å². The van der Waals surface area contributed by atoms with E-state index in [1.807, 2.05) is 41.5 Å². The molecule has 0 radical (unpaired) electrons. The minimum atomic E-state index is -0.606. The highest BCUT2D eigenvalue weighted by Gasteiger charge is 2.27. The predicted octanol–water partition coefficient (Wildman–Crippen LogP) is 1.21. The molecule has 0 aliphatic heterocycles. The molecule has 0 unspecified atom stereocenters. The van der Waals surface area contributed by atoms with Crippen molar-refractivity contribution >= 4 is 23.2 Å². The van der Waals surface area contributed by atoms with E-state index in [4.69, 9.17) is 5.73 Å². The fourth-order valence-electron chi connectivity index (χ4n) is 1.77. The van der Waals surface area contributed by atoms with Crippen LogP contribution >= 0.6 is 11.3 Å². The molecule has 0 saturated heterocycles. The molecule has 0 aliphatic carbocycles. The summed E-state index contributed by atoms with van der Waals surface area (Å²) in [5, 5.41) is 6.30. The Labute approximate surface area is 135 Å². The van der Waals surface area contributed by atoms with Gasteiger partial charge in [-0.25, -0.2) is 4.98 Å². The van der Waals surface area contributed by atoms with E-state index in [1.54, 1.807) is 11.3 Å².